The molecule has 0 aliphatic carbocycles. The summed E-state index contributed by atoms with van der Waals surface area (Å²) in [5, 5.41) is 38.7. The van der Waals surface area contributed by atoms with Crippen molar-refractivity contribution >= 4 is 23.2 Å². The van der Waals surface area contributed by atoms with Crippen molar-refractivity contribution in [3.63, 3.8) is 0 Å². The molecule has 8 rings (SSSR count). The minimum absolute atomic E-state index is 0.170. The Kier molecular flexibility index (Phi) is 12.3. The summed E-state index contributed by atoms with van der Waals surface area (Å²) < 4.78 is 6.04. The zero-order valence-corrected chi connectivity index (χ0v) is 34.4. The molecule has 0 unspecified atom stereocenters. The molecule has 0 bridgehead atoms. The molecular weight excluding hydrogens is 783 g/mol. The van der Waals surface area contributed by atoms with Gasteiger partial charge in [-0.1, -0.05) is 147 Å². The largest absolute Gasteiger partial charge is 0.390 e. The first-order valence-corrected chi connectivity index (χ1v) is 20.7. The lowest BCUT2D eigenvalue weighted by Crippen LogP contribution is -2.14. The molecule has 8 aromatic rings. The van der Waals surface area contributed by atoms with Gasteiger partial charge in [0.2, 0.25) is 5.82 Å². The van der Waals surface area contributed by atoms with Crippen molar-refractivity contribution in [2.75, 3.05) is 0 Å². The highest BCUT2D eigenvalue weighted by Crippen LogP contribution is 2.33. The van der Waals surface area contributed by atoms with E-state index in [0.29, 0.717) is 47.3 Å². The Hall–Kier alpha value is -6.02. The molecule has 0 fully saturated rings. The van der Waals surface area contributed by atoms with Crippen LogP contribution in [0.15, 0.2) is 97.1 Å². The van der Waals surface area contributed by atoms with E-state index in [1.165, 1.54) is 0 Å². The first kappa shape index (κ1) is 39.8. The van der Waals surface area contributed by atoms with E-state index in [1.807, 2.05) is 41.0 Å². The Morgan fingerprint density at radius 1 is 0.610 bits per heavy atom. The molecule has 0 saturated heterocycles. The van der Waals surface area contributed by atoms with E-state index in [0.717, 1.165) is 100 Å². The Bertz CT molecular complexity index is 2630. The van der Waals surface area contributed by atoms with Crippen molar-refractivity contribution in [3.05, 3.63) is 142 Å². The topological polar surface area (TPSA) is 154 Å². The maximum Gasteiger partial charge on any atom is 0.205 e. The van der Waals surface area contributed by atoms with E-state index in [9.17, 15) is 5.11 Å². The monoisotopic (exact) mass is 826 g/mol. The molecule has 59 heavy (non-hydrogen) atoms. The summed E-state index contributed by atoms with van der Waals surface area (Å²) in [5.74, 6) is 2.98. The maximum absolute atomic E-state index is 10.1. The van der Waals surface area contributed by atoms with Gasteiger partial charge in [-0.15, -0.1) is 15.3 Å². The predicted octanol–water partition coefficient (Wildman–Crippen LogP) is 8.88. The number of imidazole rings is 2. The van der Waals surface area contributed by atoms with Crippen LogP contribution in [0.5, 0.6) is 0 Å². The van der Waals surface area contributed by atoms with Crippen LogP contribution in [-0.4, -0.2) is 65.0 Å². The summed E-state index contributed by atoms with van der Waals surface area (Å²) >= 11 is 13.4. The lowest BCUT2D eigenvalue weighted by molar-refractivity contribution is 0.271. The van der Waals surface area contributed by atoms with Crippen molar-refractivity contribution in [2.24, 2.45) is 0 Å². The first-order valence-electron chi connectivity index (χ1n) is 19.9. The molecule has 0 radical (unpaired) electrons. The van der Waals surface area contributed by atoms with Crippen LogP contribution >= 0.6 is 23.2 Å². The van der Waals surface area contributed by atoms with Gasteiger partial charge in [-0.05, 0) is 61.9 Å². The average molecular weight is 828 g/mol. The number of nitrogens with one attached hydrogen (secondary N) is 1. The summed E-state index contributed by atoms with van der Waals surface area (Å²) in [5.41, 5.74) is 9.51. The van der Waals surface area contributed by atoms with Gasteiger partial charge in [0.1, 0.15) is 11.6 Å². The van der Waals surface area contributed by atoms with Crippen molar-refractivity contribution in [3.8, 4) is 45.0 Å². The summed E-state index contributed by atoms with van der Waals surface area (Å²) in [6, 6.07) is 33.1. The van der Waals surface area contributed by atoms with E-state index in [-0.39, 0.29) is 6.61 Å². The Morgan fingerprint density at radius 3 is 1.68 bits per heavy atom. The van der Waals surface area contributed by atoms with Gasteiger partial charge in [-0.3, -0.25) is 0 Å². The number of nitrogens with zero attached hydrogens (tertiary/aromatic N) is 11. The number of benzene rings is 4. The first-order chi connectivity index (χ1) is 28.9. The van der Waals surface area contributed by atoms with Crippen LogP contribution < -0.4 is 0 Å². The smallest absolute Gasteiger partial charge is 0.205 e. The van der Waals surface area contributed by atoms with E-state index in [2.05, 4.69) is 120 Å². The van der Waals surface area contributed by atoms with Crippen LogP contribution in [0.2, 0.25) is 10.3 Å². The molecule has 4 heterocycles. The highest BCUT2D eigenvalue weighted by molar-refractivity contribution is 6.30. The molecule has 300 valence electrons. The molecule has 4 aromatic carbocycles. The summed E-state index contributed by atoms with van der Waals surface area (Å²) in [7, 11) is 0. The SMILES string of the molecule is CCCCc1nc(Cl)c(CO)n1Cc1ccc(-c2ccccc2-c2nnnn2Cc2c(Cl)nc(CCCC)n2Cc2ccc(-c3ccccc3-c3nn[nH]n3)cc2)cc1. The van der Waals surface area contributed by atoms with Crippen molar-refractivity contribution in [1.29, 1.82) is 0 Å². The van der Waals surface area contributed by atoms with Crippen LogP contribution in [0.3, 0.4) is 0 Å². The third kappa shape index (κ3) is 8.59. The summed E-state index contributed by atoms with van der Waals surface area (Å²) in [6.45, 7) is 5.61. The number of aliphatic hydroxyl groups is 1. The number of unbranched alkanes of at least 4 members (excludes halogenated alkanes) is 2. The predicted molar refractivity (Wildman–Crippen MR) is 229 cm³/mol. The molecule has 0 amide bonds. The van der Waals surface area contributed by atoms with Gasteiger partial charge in [-0.25, -0.2) is 14.6 Å². The fraction of sp³-hybridized carbons (Fsp3) is 0.273. The number of aromatic nitrogens is 12. The highest BCUT2D eigenvalue weighted by atomic mass is 35.5. The normalized spacial score (nSPS) is 11.5. The van der Waals surface area contributed by atoms with E-state index < -0.39 is 0 Å². The molecule has 4 aromatic heterocycles. The maximum atomic E-state index is 10.1. The van der Waals surface area contributed by atoms with E-state index in [4.69, 9.17) is 28.2 Å². The van der Waals surface area contributed by atoms with Crippen LogP contribution in [-0.2, 0) is 39.1 Å². The van der Waals surface area contributed by atoms with Crippen LogP contribution in [0.4, 0.5) is 0 Å². The molecule has 0 spiro atoms. The van der Waals surface area contributed by atoms with Gasteiger partial charge < -0.3 is 14.2 Å². The minimum Gasteiger partial charge on any atom is -0.390 e. The standard InChI is InChI=1S/C44H44Cl2N12O/c1-3-5-15-39-47-41(45)37(56(39)25-29-17-21-31(22-18-29)33-11-7-9-13-35(33)43-49-52-53-50-43)27-58-44(51-54-55-58)36-14-10-8-12-34(36)32-23-19-30(20-24-32)26-57-38(28-59)42(46)48-40(57)16-6-4-2/h7-14,17-24,59H,3-6,15-16,25-28H2,1-2H3,(H,49,50,52,53). The molecule has 0 aliphatic heterocycles. The van der Waals surface area contributed by atoms with Gasteiger partial charge in [0.15, 0.2) is 16.1 Å². The molecule has 13 nitrogen and oxygen atoms in total. The second kappa shape index (κ2) is 18.3. The van der Waals surface area contributed by atoms with Crippen molar-refractivity contribution in [2.45, 2.75) is 78.6 Å². The van der Waals surface area contributed by atoms with Gasteiger partial charge in [-0.2, -0.15) is 5.21 Å². The van der Waals surface area contributed by atoms with Crippen LogP contribution in [0.1, 0.15) is 73.7 Å². The van der Waals surface area contributed by atoms with Crippen LogP contribution in [0, 0.1) is 0 Å². The van der Waals surface area contributed by atoms with Crippen molar-refractivity contribution < 1.29 is 5.11 Å². The molecule has 15 heteroatoms. The number of rotatable bonds is 17. The lowest BCUT2D eigenvalue weighted by Gasteiger charge is -2.15. The zero-order valence-electron chi connectivity index (χ0n) is 32.9. The quantitative estimate of drug-likeness (QED) is 0.0916. The molecule has 2 N–H and O–H groups in total. The number of hydrogen-bond donors (Lipinski definition) is 2. The number of H-pyrrole nitrogens is 1. The van der Waals surface area contributed by atoms with Gasteiger partial charge in [0.05, 0.1) is 24.5 Å². The van der Waals surface area contributed by atoms with E-state index >= 15 is 0 Å². The number of aliphatic hydroxyl groups excluding tert-OH is 1. The third-order valence-corrected chi connectivity index (χ3v) is 11.2. The Morgan fingerprint density at radius 2 is 1.14 bits per heavy atom. The molecule has 0 atom stereocenters. The fourth-order valence-corrected chi connectivity index (χ4v) is 7.98. The zero-order chi connectivity index (χ0) is 40.7. The third-order valence-electron chi connectivity index (χ3n) is 10.6. The minimum atomic E-state index is -0.170. The summed E-state index contributed by atoms with van der Waals surface area (Å²) in [6.07, 6.45) is 5.66. The van der Waals surface area contributed by atoms with Gasteiger partial charge in [0.25, 0.3) is 0 Å². The van der Waals surface area contributed by atoms with E-state index in [1.54, 1.807) is 4.68 Å². The van der Waals surface area contributed by atoms with Gasteiger partial charge in [0, 0.05) is 37.1 Å². The van der Waals surface area contributed by atoms with Crippen LogP contribution in [0.25, 0.3) is 45.0 Å². The highest BCUT2D eigenvalue weighted by Gasteiger charge is 2.22. The number of halogens is 2. The number of aromatic amines is 1. The Balaban J connectivity index is 1.06. The number of aryl methyl sites for hydroxylation is 2. The molecule has 0 aliphatic rings. The molecule has 0 saturated carbocycles. The molecular formula is C44H44Cl2N12O. The number of hydrogen-bond acceptors (Lipinski definition) is 9. The number of tetrazole rings is 2. The van der Waals surface area contributed by atoms with Gasteiger partial charge >= 0.3 is 0 Å². The average Bonchev–Trinajstić information content (AvgIpc) is 4.08. The Labute approximate surface area is 352 Å². The fourth-order valence-electron chi connectivity index (χ4n) is 7.46. The second-order valence-corrected chi connectivity index (χ2v) is 15.2. The second-order valence-electron chi connectivity index (χ2n) is 14.4. The lowest BCUT2D eigenvalue weighted by atomic mass is 9.98. The summed E-state index contributed by atoms with van der Waals surface area (Å²) in [4.78, 5) is 9.42. The van der Waals surface area contributed by atoms with Crippen molar-refractivity contribution in [1.82, 2.24) is 59.9 Å².